The van der Waals surface area contributed by atoms with Gasteiger partial charge in [-0.2, -0.15) is 4.39 Å². The van der Waals surface area contributed by atoms with Crippen molar-refractivity contribution in [2.45, 2.75) is 20.0 Å². The lowest BCUT2D eigenvalue weighted by molar-refractivity contribution is -0.387. The lowest BCUT2D eigenvalue weighted by atomic mass is 10.1. The highest BCUT2D eigenvalue weighted by molar-refractivity contribution is 5.36. The highest BCUT2D eigenvalue weighted by Gasteiger charge is 2.16. The van der Waals surface area contributed by atoms with Gasteiger partial charge in [-0.15, -0.1) is 0 Å². The van der Waals surface area contributed by atoms with Crippen molar-refractivity contribution in [1.82, 2.24) is 5.32 Å². The van der Waals surface area contributed by atoms with Crippen LogP contribution in [-0.4, -0.2) is 4.92 Å². The van der Waals surface area contributed by atoms with Crippen LogP contribution in [0.5, 0.6) is 0 Å². The number of hydrogen-bond acceptors (Lipinski definition) is 3. The van der Waals surface area contributed by atoms with E-state index >= 15 is 0 Å². The van der Waals surface area contributed by atoms with Gasteiger partial charge in [0.05, 0.1) is 4.92 Å². The van der Waals surface area contributed by atoms with E-state index in [0.29, 0.717) is 12.1 Å². The molecule has 20 heavy (non-hydrogen) atoms. The van der Waals surface area contributed by atoms with Crippen LogP contribution in [0, 0.1) is 22.9 Å². The van der Waals surface area contributed by atoms with E-state index in [1.807, 2.05) is 31.2 Å². The lowest BCUT2D eigenvalue weighted by Gasteiger charge is -2.08. The molecule has 0 amide bonds. The van der Waals surface area contributed by atoms with Crippen LogP contribution >= 0.6 is 0 Å². The monoisotopic (exact) mass is 274 g/mol. The summed E-state index contributed by atoms with van der Waals surface area (Å²) in [7, 11) is 0. The van der Waals surface area contributed by atoms with E-state index in [2.05, 4.69) is 5.32 Å². The topological polar surface area (TPSA) is 55.2 Å². The van der Waals surface area contributed by atoms with Gasteiger partial charge in [0.2, 0.25) is 5.82 Å². The van der Waals surface area contributed by atoms with Crippen molar-refractivity contribution in [1.29, 1.82) is 0 Å². The molecule has 2 aromatic carbocycles. The molecule has 2 aromatic rings. The van der Waals surface area contributed by atoms with Crippen molar-refractivity contribution in [3.05, 3.63) is 75.1 Å². The number of hydrogen-bond donors (Lipinski definition) is 1. The summed E-state index contributed by atoms with van der Waals surface area (Å²) in [6.07, 6.45) is 0. The first kappa shape index (κ1) is 14.1. The van der Waals surface area contributed by atoms with Crippen molar-refractivity contribution in [3.8, 4) is 0 Å². The SMILES string of the molecule is Cc1ccccc1CNCc1cccc([N+](=O)[O-])c1F. The molecular formula is C15H15FN2O2. The second-order valence-electron chi connectivity index (χ2n) is 4.54. The number of halogens is 1. The van der Waals surface area contributed by atoms with Gasteiger partial charge in [-0.25, -0.2) is 0 Å². The van der Waals surface area contributed by atoms with Crippen molar-refractivity contribution in [2.24, 2.45) is 0 Å². The Hall–Kier alpha value is -2.27. The van der Waals surface area contributed by atoms with Crippen LogP contribution in [0.25, 0.3) is 0 Å². The zero-order valence-electron chi connectivity index (χ0n) is 11.1. The zero-order valence-corrected chi connectivity index (χ0v) is 11.1. The number of nitro benzene ring substituents is 1. The number of nitro groups is 1. The van der Waals surface area contributed by atoms with Crippen LogP contribution in [0.3, 0.4) is 0 Å². The third-order valence-electron chi connectivity index (χ3n) is 3.15. The molecule has 0 bridgehead atoms. The Morgan fingerprint density at radius 2 is 1.75 bits per heavy atom. The van der Waals surface area contributed by atoms with Gasteiger partial charge in [0.1, 0.15) is 0 Å². The molecule has 1 N–H and O–H groups in total. The van der Waals surface area contributed by atoms with Crippen molar-refractivity contribution < 1.29 is 9.31 Å². The maximum Gasteiger partial charge on any atom is 0.305 e. The number of benzene rings is 2. The van der Waals surface area contributed by atoms with Gasteiger partial charge in [0.25, 0.3) is 0 Å². The first-order chi connectivity index (χ1) is 9.59. The molecule has 0 aromatic heterocycles. The minimum Gasteiger partial charge on any atom is -0.308 e. The first-order valence-corrected chi connectivity index (χ1v) is 6.26. The van der Waals surface area contributed by atoms with Gasteiger partial charge in [-0.3, -0.25) is 10.1 Å². The summed E-state index contributed by atoms with van der Waals surface area (Å²) in [5.74, 6) is -0.769. The number of nitrogens with one attached hydrogen (secondary N) is 1. The van der Waals surface area contributed by atoms with Crippen LogP contribution in [-0.2, 0) is 13.1 Å². The molecule has 0 aliphatic rings. The Kier molecular flexibility index (Phi) is 4.42. The quantitative estimate of drug-likeness (QED) is 0.672. The number of rotatable bonds is 5. The zero-order chi connectivity index (χ0) is 14.5. The molecular weight excluding hydrogens is 259 g/mol. The van der Waals surface area contributed by atoms with E-state index in [9.17, 15) is 14.5 Å². The van der Waals surface area contributed by atoms with Crippen LogP contribution in [0.4, 0.5) is 10.1 Å². The molecule has 0 heterocycles. The Morgan fingerprint density at radius 3 is 2.45 bits per heavy atom. The average Bonchev–Trinajstić information content (AvgIpc) is 2.42. The molecule has 0 spiro atoms. The second-order valence-corrected chi connectivity index (χ2v) is 4.54. The van der Waals surface area contributed by atoms with Gasteiger partial charge < -0.3 is 5.32 Å². The van der Waals surface area contributed by atoms with Crippen molar-refractivity contribution in [3.63, 3.8) is 0 Å². The van der Waals surface area contributed by atoms with E-state index in [4.69, 9.17) is 0 Å². The predicted octanol–water partition coefficient (Wildman–Crippen LogP) is 3.33. The van der Waals surface area contributed by atoms with Crippen molar-refractivity contribution in [2.75, 3.05) is 0 Å². The smallest absolute Gasteiger partial charge is 0.305 e. The van der Waals surface area contributed by atoms with Gasteiger partial charge in [-0.05, 0) is 18.1 Å². The maximum atomic E-state index is 13.8. The summed E-state index contributed by atoms with van der Waals surface area (Å²) < 4.78 is 13.8. The van der Waals surface area contributed by atoms with Crippen LogP contribution < -0.4 is 5.32 Å². The highest BCUT2D eigenvalue weighted by atomic mass is 19.1. The molecule has 0 saturated carbocycles. The average molecular weight is 274 g/mol. The highest BCUT2D eigenvalue weighted by Crippen LogP contribution is 2.20. The van der Waals surface area contributed by atoms with Gasteiger partial charge >= 0.3 is 5.69 Å². The standard InChI is InChI=1S/C15H15FN2O2/c1-11-5-2-3-6-12(11)9-17-10-13-7-4-8-14(15(13)16)18(19)20/h2-8,17H,9-10H2,1H3. The fraction of sp³-hybridized carbons (Fsp3) is 0.200. The fourth-order valence-corrected chi connectivity index (χ4v) is 1.98. The van der Waals surface area contributed by atoms with Crippen LogP contribution in [0.1, 0.15) is 16.7 Å². The van der Waals surface area contributed by atoms with E-state index in [0.717, 1.165) is 11.1 Å². The summed E-state index contributed by atoms with van der Waals surface area (Å²) in [6, 6.07) is 12.1. The molecule has 104 valence electrons. The lowest BCUT2D eigenvalue weighted by Crippen LogP contribution is -2.14. The number of nitrogens with zero attached hydrogens (tertiary/aromatic N) is 1. The van der Waals surface area contributed by atoms with E-state index in [1.54, 1.807) is 6.07 Å². The third-order valence-corrected chi connectivity index (χ3v) is 3.15. The molecule has 0 saturated heterocycles. The van der Waals surface area contributed by atoms with Crippen LogP contribution in [0.15, 0.2) is 42.5 Å². The first-order valence-electron chi connectivity index (χ1n) is 6.26. The minimum absolute atomic E-state index is 0.252. The molecule has 0 atom stereocenters. The summed E-state index contributed by atoms with van der Waals surface area (Å²) in [4.78, 5) is 9.95. The fourth-order valence-electron chi connectivity index (χ4n) is 1.98. The summed E-state index contributed by atoms with van der Waals surface area (Å²) >= 11 is 0. The second kappa shape index (κ2) is 6.25. The van der Waals surface area contributed by atoms with E-state index in [1.165, 1.54) is 12.1 Å². The predicted molar refractivity (Wildman–Crippen MR) is 74.8 cm³/mol. The number of aryl methyl sites for hydroxylation is 1. The molecule has 0 unspecified atom stereocenters. The normalized spacial score (nSPS) is 10.5. The molecule has 2 rings (SSSR count). The molecule has 0 fully saturated rings. The largest absolute Gasteiger partial charge is 0.308 e. The summed E-state index contributed by atoms with van der Waals surface area (Å²) in [5, 5.41) is 13.8. The third kappa shape index (κ3) is 3.19. The molecule has 0 aliphatic carbocycles. The van der Waals surface area contributed by atoms with Gasteiger partial charge in [-0.1, -0.05) is 36.4 Å². The van der Waals surface area contributed by atoms with Crippen molar-refractivity contribution >= 4 is 5.69 Å². The Labute approximate surface area is 116 Å². The summed E-state index contributed by atoms with van der Waals surface area (Å²) in [5.41, 5.74) is 2.09. The Morgan fingerprint density at radius 1 is 1.10 bits per heavy atom. The van der Waals surface area contributed by atoms with E-state index in [-0.39, 0.29) is 6.54 Å². The van der Waals surface area contributed by atoms with Gasteiger partial charge in [0.15, 0.2) is 0 Å². The maximum absolute atomic E-state index is 13.8. The molecule has 0 radical (unpaired) electrons. The Bertz CT molecular complexity index is 629. The molecule has 4 nitrogen and oxygen atoms in total. The molecule has 0 aliphatic heterocycles. The summed E-state index contributed by atoms with van der Waals surface area (Å²) in [6.45, 7) is 2.85. The van der Waals surface area contributed by atoms with E-state index < -0.39 is 16.4 Å². The van der Waals surface area contributed by atoms with Crippen LogP contribution in [0.2, 0.25) is 0 Å². The van der Waals surface area contributed by atoms with Gasteiger partial charge in [0, 0.05) is 24.7 Å². The molecule has 5 heteroatoms. The minimum atomic E-state index is -0.769. The Balaban J connectivity index is 2.03.